The van der Waals surface area contributed by atoms with Crippen LogP contribution in [0.4, 0.5) is 5.13 Å². The summed E-state index contributed by atoms with van der Waals surface area (Å²) in [5, 5.41) is 5.39. The number of anilines is 1. The molecule has 0 aliphatic heterocycles. The number of nitrogens with two attached hydrogens (primary N) is 1. The van der Waals surface area contributed by atoms with Gasteiger partial charge >= 0.3 is 0 Å². The molecule has 1 amide bonds. The van der Waals surface area contributed by atoms with E-state index in [1.54, 1.807) is 0 Å². The van der Waals surface area contributed by atoms with E-state index in [9.17, 15) is 4.79 Å². The lowest BCUT2D eigenvalue weighted by Crippen LogP contribution is -2.15. The van der Waals surface area contributed by atoms with Gasteiger partial charge in [0.1, 0.15) is 0 Å². The van der Waals surface area contributed by atoms with Crippen molar-refractivity contribution in [1.82, 2.24) is 4.98 Å². The Hall–Kier alpha value is -1.43. The van der Waals surface area contributed by atoms with E-state index in [0.717, 1.165) is 17.7 Å². The fraction of sp³-hybridized carbons (Fsp3) is 0.333. The predicted octanol–water partition coefficient (Wildman–Crippen LogP) is 3.01. The Morgan fingerprint density at radius 2 is 2.14 bits per heavy atom. The molecule has 1 aliphatic carbocycles. The van der Waals surface area contributed by atoms with Crippen molar-refractivity contribution in [2.45, 2.75) is 25.7 Å². The maximum absolute atomic E-state index is 11.5. The van der Waals surface area contributed by atoms with Crippen molar-refractivity contribution < 1.29 is 4.79 Å². The standard InChI is InChI=1S/C15H17N3OS.ClH/c16-7-6-14(19)18-15-17-13(9-20-15)12-5-4-10-2-1-3-11(10)8-12;/h4-5,8-9H,1-3,6-7,16H2,(H,17,18,19);1H. The molecule has 0 fully saturated rings. The molecular formula is C15H18ClN3OS. The normalized spacial score (nSPS) is 12.6. The lowest BCUT2D eigenvalue weighted by Gasteiger charge is -2.02. The summed E-state index contributed by atoms with van der Waals surface area (Å²) < 4.78 is 0. The summed E-state index contributed by atoms with van der Waals surface area (Å²) in [6.07, 6.45) is 3.92. The SMILES string of the molecule is Cl.NCCC(=O)Nc1nc(-c2ccc3c(c2)CCC3)cs1. The van der Waals surface area contributed by atoms with E-state index >= 15 is 0 Å². The van der Waals surface area contributed by atoms with Crippen molar-refractivity contribution in [3.8, 4) is 11.3 Å². The van der Waals surface area contributed by atoms with Crippen molar-refractivity contribution >= 4 is 34.8 Å². The van der Waals surface area contributed by atoms with Crippen LogP contribution in [0.2, 0.25) is 0 Å². The Labute approximate surface area is 134 Å². The van der Waals surface area contributed by atoms with Crippen LogP contribution in [0.15, 0.2) is 23.6 Å². The van der Waals surface area contributed by atoms with Gasteiger partial charge < -0.3 is 11.1 Å². The Balaban J connectivity index is 0.00000161. The van der Waals surface area contributed by atoms with Gasteiger partial charge in [-0.15, -0.1) is 23.7 Å². The molecule has 3 rings (SSSR count). The molecule has 4 nitrogen and oxygen atoms in total. The van der Waals surface area contributed by atoms with E-state index in [-0.39, 0.29) is 18.3 Å². The second-order valence-corrected chi connectivity index (χ2v) is 5.82. The predicted molar refractivity (Wildman–Crippen MR) is 89.1 cm³/mol. The Morgan fingerprint density at radius 1 is 1.33 bits per heavy atom. The number of thiazole rings is 1. The quantitative estimate of drug-likeness (QED) is 0.908. The minimum absolute atomic E-state index is 0. The lowest BCUT2D eigenvalue weighted by molar-refractivity contribution is -0.116. The third-order valence-electron chi connectivity index (χ3n) is 3.52. The molecule has 0 radical (unpaired) electrons. The number of hydrogen-bond acceptors (Lipinski definition) is 4. The minimum Gasteiger partial charge on any atom is -0.330 e. The van der Waals surface area contributed by atoms with Gasteiger partial charge in [-0.05, 0) is 36.5 Å². The van der Waals surface area contributed by atoms with Crippen LogP contribution < -0.4 is 11.1 Å². The second kappa shape index (κ2) is 7.02. The summed E-state index contributed by atoms with van der Waals surface area (Å²) in [7, 11) is 0. The molecule has 0 spiro atoms. The number of hydrogen-bond donors (Lipinski definition) is 2. The van der Waals surface area contributed by atoms with Crippen LogP contribution in [0.25, 0.3) is 11.3 Å². The Kier molecular flexibility index (Phi) is 5.33. The van der Waals surface area contributed by atoms with Crippen molar-refractivity contribution in [2.75, 3.05) is 11.9 Å². The summed E-state index contributed by atoms with van der Waals surface area (Å²) in [4.78, 5) is 16.0. The molecule has 1 aromatic heterocycles. The molecule has 2 aromatic rings. The van der Waals surface area contributed by atoms with E-state index in [4.69, 9.17) is 5.73 Å². The first-order valence-electron chi connectivity index (χ1n) is 6.84. The summed E-state index contributed by atoms with van der Waals surface area (Å²) in [5.41, 5.74) is 10.3. The molecule has 3 N–H and O–H groups in total. The molecular weight excluding hydrogens is 306 g/mol. The zero-order valence-corrected chi connectivity index (χ0v) is 13.2. The Bertz CT molecular complexity index is 642. The smallest absolute Gasteiger partial charge is 0.227 e. The molecule has 1 aromatic carbocycles. The second-order valence-electron chi connectivity index (χ2n) is 4.96. The highest BCUT2D eigenvalue weighted by molar-refractivity contribution is 7.14. The third kappa shape index (κ3) is 3.61. The van der Waals surface area contributed by atoms with Crippen molar-refractivity contribution in [3.05, 3.63) is 34.7 Å². The third-order valence-corrected chi connectivity index (χ3v) is 4.27. The molecule has 112 valence electrons. The number of carbonyl (C=O) groups excluding carboxylic acids is 1. The van der Waals surface area contributed by atoms with Gasteiger partial charge in [-0.25, -0.2) is 4.98 Å². The molecule has 0 bridgehead atoms. The number of benzene rings is 1. The lowest BCUT2D eigenvalue weighted by atomic mass is 10.1. The maximum Gasteiger partial charge on any atom is 0.227 e. The first-order valence-corrected chi connectivity index (χ1v) is 7.72. The van der Waals surface area contributed by atoms with Gasteiger partial charge in [0.25, 0.3) is 0 Å². The molecule has 1 heterocycles. The van der Waals surface area contributed by atoms with E-state index in [1.165, 1.54) is 35.3 Å². The van der Waals surface area contributed by atoms with E-state index in [2.05, 4.69) is 28.5 Å². The number of halogens is 1. The molecule has 21 heavy (non-hydrogen) atoms. The van der Waals surface area contributed by atoms with E-state index in [1.807, 2.05) is 5.38 Å². The average Bonchev–Trinajstić information content (AvgIpc) is 3.06. The van der Waals surface area contributed by atoms with Crippen molar-refractivity contribution in [2.24, 2.45) is 5.73 Å². The molecule has 0 unspecified atom stereocenters. The van der Waals surface area contributed by atoms with Gasteiger partial charge in [0.2, 0.25) is 5.91 Å². The van der Waals surface area contributed by atoms with Crippen LogP contribution in [0.5, 0.6) is 0 Å². The highest BCUT2D eigenvalue weighted by Crippen LogP contribution is 2.30. The van der Waals surface area contributed by atoms with E-state index in [0.29, 0.717) is 18.1 Å². The largest absolute Gasteiger partial charge is 0.330 e. The van der Waals surface area contributed by atoms with Crippen LogP contribution in [0.1, 0.15) is 24.0 Å². The van der Waals surface area contributed by atoms with Crippen molar-refractivity contribution in [3.63, 3.8) is 0 Å². The zero-order chi connectivity index (χ0) is 13.9. The first kappa shape index (κ1) is 15.9. The number of nitrogens with one attached hydrogen (secondary N) is 1. The van der Waals surface area contributed by atoms with Crippen LogP contribution in [-0.4, -0.2) is 17.4 Å². The first-order chi connectivity index (χ1) is 9.76. The van der Waals surface area contributed by atoms with Crippen LogP contribution >= 0.6 is 23.7 Å². The highest BCUT2D eigenvalue weighted by atomic mass is 35.5. The van der Waals surface area contributed by atoms with Gasteiger partial charge in [0.15, 0.2) is 5.13 Å². The van der Waals surface area contributed by atoms with Gasteiger partial charge in [0.05, 0.1) is 5.69 Å². The molecule has 1 aliphatic rings. The highest BCUT2D eigenvalue weighted by Gasteiger charge is 2.13. The summed E-state index contributed by atoms with van der Waals surface area (Å²) in [6.45, 7) is 0.356. The minimum atomic E-state index is -0.0812. The number of aryl methyl sites for hydroxylation is 2. The molecule has 6 heteroatoms. The number of carbonyl (C=O) groups is 1. The van der Waals surface area contributed by atoms with Gasteiger partial charge in [0, 0.05) is 23.9 Å². The van der Waals surface area contributed by atoms with Crippen LogP contribution in [0.3, 0.4) is 0 Å². The fourth-order valence-electron chi connectivity index (χ4n) is 2.51. The zero-order valence-electron chi connectivity index (χ0n) is 11.6. The number of amides is 1. The van der Waals surface area contributed by atoms with Crippen LogP contribution in [-0.2, 0) is 17.6 Å². The van der Waals surface area contributed by atoms with E-state index < -0.39 is 0 Å². The number of fused-ring (bicyclic) bond motifs is 1. The van der Waals surface area contributed by atoms with Crippen molar-refractivity contribution in [1.29, 1.82) is 0 Å². The molecule has 0 saturated heterocycles. The summed E-state index contributed by atoms with van der Waals surface area (Å²) >= 11 is 1.45. The fourth-order valence-corrected chi connectivity index (χ4v) is 3.24. The molecule has 0 saturated carbocycles. The monoisotopic (exact) mass is 323 g/mol. The number of rotatable bonds is 4. The summed E-state index contributed by atoms with van der Waals surface area (Å²) in [6, 6.07) is 6.54. The van der Waals surface area contributed by atoms with Crippen LogP contribution in [0, 0.1) is 0 Å². The number of nitrogens with zero attached hydrogens (tertiary/aromatic N) is 1. The average molecular weight is 324 g/mol. The summed E-state index contributed by atoms with van der Waals surface area (Å²) in [5.74, 6) is -0.0812. The van der Waals surface area contributed by atoms with Gasteiger partial charge in [-0.3, -0.25) is 4.79 Å². The Morgan fingerprint density at radius 3 is 2.95 bits per heavy atom. The maximum atomic E-state index is 11.5. The van der Waals surface area contributed by atoms with Gasteiger partial charge in [-0.1, -0.05) is 12.1 Å². The number of aromatic nitrogens is 1. The topological polar surface area (TPSA) is 68.0 Å². The molecule has 0 atom stereocenters. The van der Waals surface area contributed by atoms with Gasteiger partial charge in [-0.2, -0.15) is 0 Å².